The summed E-state index contributed by atoms with van der Waals surface area (Å²) in [4.78, 5) is 29.6. The highest BCUT2D eigenvalue weighted by Crippen LogP contribution is 2.36. The summed E-state index contributed by atoms with van der Waals surface area (Å²) in [7, 11) is 0. The van der Waals surface area contributed by atoms with Gasteiger partial charge in [0.05, 0.1) is 6.04 Å². The standard InChI is InChI=1S/C24H26N2O3/c1-24(2,3)29-23(28)25-14-13-19-18-11-7-8-12-20(18)22(27)26(21(19)16-25)15-17-9-5-4-6-10-17/h4-13,21H,14-16H2,1-3H3/t21-/m1/s1. The van der Waals surface area contributed by atoms with Crippen LogP contribution in [0.2, 0.25) is 0 Å². The predicted octanol–water partition coefficient (Wildman–Crippen LogP) is 4.35. The van der Waals surface area contributed by atoms with Crippen LogP contribution in [0.4, 0.5) is 4.79 Å². The number of carbonyl (C=O) groups excluding carboxylic acids is 2. The fourth-order valence-electron chi connectivity index (χ4n) is 3.94. The first-order chi connectivity index (χ1) is 13.8. The van der Waals surface area contributed by atoms with Crippen molar-refractivity contribution in [2.75, 3.05) is 13.1 Å². The SMILES string of the molecule is CC(C)(C)OC(=O)N1CC=C2c3ccccc3C(=O)N(Cc3ccccc3)[C@@H]2C1. The van der Waals surface area contributed by atoms with Crippen molar-refractivity contribution in [1.82, 2.24) is 9.80 Å². The smallest absolute Gasteiger partial charge is 0.410 e. The van der Waals surface area contributed by atoms with Crippen LogP contribution in [0.15, 0.2) is 60.7 Å². The van der Waals surface area contributed by atoms with E-state index in [1.807, 2.05) is 80.3 Å². The van der Waals surface area contributed by atoms with E-state index in [9.17, 15) is 9.59 Å². The van der Waals surface area contributed by atoms with Gasteiger partial charge in [-0.3, -0.25) is 4.79 Å². The molecule has 4 rings (SSSR count). The number of hydrogen-bond acceptors (Lipinski definition) is 3. The molecule has 0 N–H and O–H groups in total. The Bertz CT molecular complexity index is 960. The molecule has 0 bridgehead atoms. The second-order valence-corrected chi connectivity index (χ2v) is 8.52. The van der Waals surface area contributed by atoms with Crippen LogP contribution in [-0.4, -0.2) is 46.5 Å². The highest BCUT2D eigenvalue weighted by atomic mass is 16.6. The maximum Gasteiger partial charge on any atom is 0.410 e. The van der Waals surface area contributed by atoms with E-state index in [-0.39, 0.29) is 18.0 Å². The van der Waals surface area contributed by atoms with Gasteiger partial charge in [-0.25, -0.2) is 4.79 Å². The number of carbonyl (C=O) groups is 2. The first-order valence-corrected chi connectivity index (χ1v) is 9.96. The van der Waals surface area contributed by atoms with E-state index in [2.05, 4.69) is 6.08 Å². The number of amides is 2. The number of hydrogen-bond donors (Lipinski definition) is 0. The Kier molecular flexibility index (Phi) is 4.91. The van der Waals surface area contributed by atoms with Gasteiger partial charge in [0.2, 0.25) is 0 Å². The molecule has 5 nitrogen and oxygen atoms in total. The third-order valence-electron chi connectivity index (χ3n) is 5.24. The number of rotatable bonds is 2. The maximum atomic E-state index is 13.3. The lowest BCUT2D eigenvalue weighted by Gasteiger charge is -2.43. The summed E-state index contributed by atoms with van der Waals surface area (Å²) in [5, 5.41) is 0. The van der Waals surface area contributed by atoms with Crippen LogP contribution in [0.3, 0.4) is 0 Å². The monoisotopic (exact) mass is 390 g/mol. The predicted molar refractivity (Wildman–Crippen MR) is 112 cm³/mol. The summed E-state index contributed by atoms with van der Waals surface area (Å²) in [5.74, 6) is -0.00218. The van der Waals surface area contributed by atoms with Gasteiger partial charge in [0, 0.05) is 25.2 Å². The van der Waals surface area contributed by atoms with E-state index in [1.165, 1.54) is 0 Å². The molecule has 0 radical (unpaired) electrons. The minimum atomic E-state index is -0.556. The molecule has 0 spiro atoms. The van der Waals surface area contributed by atoms with Crippen LogP contribution in [0.5, 0.6) is 0 Å². The zero-order valence-corrected chi connectivity index (χ0v) is 17.1. The summed E-state index contributed by atoms with van der Waals surface area (Å²) in [6.45, 7) is 6.98. The molecule has 0 saturated carbocycles. The normalized spacial score (nSPS) is 18.7. The average molecular weight is 390 g/mol. The topological polar surface area (TPSA) is 49.9 Å². The molecule has 0 fully saturated rings. The highest BCUT2D eigenvalue weighted by molar-refractivity contribution is 6.04. The van der Waals surface area contributed by atoms with Crippen LogP contribution in [0.25, 0.3) is 5.57 Å². The summed E-state index contributed by atoms with van der Waals surface area (Å²) in [5.41, 5.74) is 3.30. The Hall–Kier alpha value is -3.08. The van der Waals surface area contributed by atoms with Gasteiger partial charge in [-0.05, 0) is 43.5 Å². The zero-order valence-electron chi connectivity index (χ0n) is 17.1. The van der Waals surface area contributed by atoms with Crippen LogP contribution >= 0.6 is 0 Å². The zero-order chi connectivity index (χ0) is 20.6. The molecule has 5 heteroatoms. The van der Waals surface area contributed by atoms with Crippen molar-refractivity contribution < 1.29 is 14.3 Å². The van der Waals surface area contributed by atoms with Crippen molar-refractivity contribution in [2.24, 2.45) is 0 Å². The second-order valence-electron chi connectivity index (χ2n) is 8.52. The summed E-state index contributed by atoms with van der Waals surface area (Å²) in [6, 6.07) is 17.5. The molecule has 0 unspecified atom stereocenters. The highest BCUT2D eigenvalue weighted by Gasteiger charge is 2.40. The van der Waals surface area contributed by atoms with Gasteiger partial charge in [0.25, 0.3) is 5.91 Å². The van der Waals surface area contributed by atoms with Crippen molar-refractivity contribution in [3.05, 3.63) is 77.4 Å². The van der Waals surface area contributed by atoms with E-state index in [0.717, 1.165) is 22.3 Å². The molecule has 2 heterocycles. The number of nitrogens with zero attached hydrogens (tertiary/aromatic N) is 2. The Labute approximate surface area is 171 Å². The molecule has 2 aliphatic heterocycles. The lowest BCUT2D eigenvalue weighted by Crippen LogP contribution is -2.54. The van der Waals surface area contributed by atoms with Crippen LogP contribution in [-0.2, 0) is 11.3 Å². The molecule has 2 aromatic rings. The number of fused-ring (bicyclic) bond motifs is 3. The van der Waals surface area contributed by atoms with Gasteiger partial charge in [-0.2, -0.15) is 0 Å². The van der Waals surface area contributed by atoms with E-state index in [4.69, 9.17) is 4.74 Å². The van der Waals surface area contributed by atoms with E-state index in [0.29, 0.717) is 19.6 Å². The minimum Gasteiger partial charge on any atom is -0.444 e. The van der Waals surface area contributed by atoms with Gasteiger partial charge >= 0.3 is 6.09 Å². The van der Waals surface area contributed by atoms with Gasteiger partial charge < -0.3 is 14.5 Å². The molecule has 0 aliphatic carbocycles. The fraction of sp³-hybridized carbons (Fsp3) is 0.333. The summed E-state index contributed by atoms with van der Waals surface area (Å²) < 4.78 is 5.56. The van der Waals surface area contributed by atoms with Gasteiger partial charge in [-0.15, -0.1) is 0 Å². The number of ether oxygens (including phenoxy) is 1. The first kappa shape index (κ1) is 19.2. The third-order valence-corrected chi connectivity index (χ3v) is 5.24. The van der Waals surface area contributed by atoms with Gasteiger partial charge in [-0.1, -0.05) is 54.6 Å². The van der Waals surface area contributed by atoms with Crippen LogP contribution < -0.4 is 0 Å². The van der Waals surface area contributed by atoms with Gasteiger partial charge in [0.1, 0.15) is 5.60 Å². The fourth-order valence-corrected chi connectivity index (χ4v) is 3.94. The van der Waals surface area contributed by atoms with Crippen molar-refractivity contribution in [1.29, 1.82) is 0 Å². The van der Waals surface area contributed by atoms with Crippen LogP contribution in [0, 0.1) is 0 Å². The van der Waals surface area contributed by atoms with Gasteiger partial charge in [0.15, 0.2) is 0 Å². The third kappa shape index (κ3) is 3.90. The molecule has 29 heavy (non-hydrogen) atoms. The Morgan fingerprint density at radius 2 is 1.69 bits per heavy atom. The number of benzene rings is 2. The van der Waals surface area contributed by atoms with Crippen molar-refractivity contribution >= 4 is 17.6 Å². The second kappa shape index (κ2) is 7.39. The van der Waals surface area contributed by atoms with Crippen LogP contribution in [0.1, 0.15) is 42.3 Å². The minimum absolute atomic E-state index is 0.00218. The molecule has 2 aromatic carbocycles. The molecule has 150 valence electrons. The Balaban J connectivity index is 1.69. The quantitative estimate of drug-likeness (QED) is 0.766. The maximum absolute atomic E-state index is 13.3. The first-order valence-electron chi connectivity index (χ1n) is 9.96. The Morgan fingerprint density at radius 3 is 2.38 bits per heavy atom. The van der Waals surface area contributed by atoms with Crippen molar-refractivity contribution in [2.45, 2.75) is 39.0 Å². The Morgan fingerprint density at radius 1 is 1.03 bits per heavy atom. The lowest BCUT2D eigenvalue weighted by molar-refractivity contribution is 0.0210. The molecule has 0 saturated heterocycles. The molecule has 1 atom stereocenters. The summed E-state index contributed by atoms with van der Waals surface area (Å²) in [6.07, 6.45) is 1.71. The van der Waals surface area contributed by atoms with Crippen molar-refractivity contribution in [3.8, 4) is 0 Å². The molecule has 2 aliphatic rings. The largest absolute Gasteiger partial charge is 0.444 e. The van der Waals surface area contributed by atoms with E-state index >= 15 is 0 Å². The van der Waals surface area contributed by atoms with E-state index in [1.54, 1.807) is 4.90 Å². The molecule has 2 amide bonds. The molecular weight excluding hydrogens is 364 g/mol. The average Bonchev–Trinajstić information content (AvgIpc) is 2.70. The lowest BCUT2D eigenvalue weighted by atomic mass is 9.85. The molecule has 0 aromatic heterocycles. The molecular formula is C24H26N2O3. The summed E-state index contributed by atoms with van der Waals surface area (Å²) >= 11 is 0. The van der Waals surface area contributed by atoms with E-state index < -0.39 is 5.60 Å². The van der Waals surface area contributed by atoms with Crippen molar-refractivity contribution in [3.63, 3.8) is 0 Å².